The van der Waals surface area contributed by atoms with Gasteiger partial charge >= 0.3 is 18.1 Å². The van der Waals surface area contributed by atoms with Gasteiger partial charge in [-0.05, 0) is 20.3 Å². The van der Waals surface area contributed by atoms with Gasteiger partial charge in [-0.25, -0.2) is 0 Å². The quantitative estimate of drug-likeness (QED) is 0.427. The molecule has 0 fully saturated rings. The molecule has 0 aliphatic heterocycles. The molecule has 0 aromatic rings. The van der Waals surface area contributed by atoms with Crippen molar-refractivity contribution in [3.05, 3.63) is 11.6 Å². The number of ether oxygens (including phenoxy) is 2. The predicted octanol–water partition coefficient (Wildman–Crippen LogP) is 2.63. The third-order valence-electron chi connectivity index (χ3n) is 2.19. The molecule has 0 radical (unpaired) electrons. The van der Waals surface area contributed by atoms with Crippen molar-refractivity contribution in [2.24, 2.45) is 5.92 Å². The van der Waals surface area contributed by atoms with Crippen LogP contribution in [0.15, 0.2) is 11.6 Å². The third-order valence-corrected chi connectivity index (χ3v) is 2.19. The van der Waals surface area contributed by atoms with E-state index in [1.165, 1.54) is 20.8 Å². The highest BCUT2D eigenvalue weighted by atomic mass is 19.4. The zero-order valence-corrected chi connectivity index (χ0v) is 11.0. The normalized spacial score (nSPS) is 12.5. The second-order valence-corrected chi connectivity index (χ2v) is 3.52. The Kier molecular flexibility index (Phi) is 7.18. The van der Waals surface area contributed by atoms with Gasteiger partial charge in [0.2, 0.25) is 0 Å². The molecule has 0 aromatic carbocycles. The number of hydrogen-bond donors (Lipinski definition) is 0. The summed E-state index contributed by atoms with van der Waals surface area (Å²) in [5, 5.41) is 0. The highest BCUT2D eigenvalue weighted by Crippen LogP contribution is 2.29. The number of esters is 2. The van der Waals surface area contributed by atoms with Gasteiger partial charge in [-0.1, -0.05) is 13.0 Å². The minimum Gasteiger partial charge on any atom is -0.465 e. The average Bonchev–Trinajstić information content (AvgIpc) is 2.28. The van der Waals surface area contributed by atoms with Crippen LogP contribution in [0.25, 0.3) is 0 Å². The van der Waals surface area contributed by atoms with E-state index in [1.54, 1.807) is 0 Å². The van der Waals surface area contributed by atoms with Crippen LogP contribution in [0.4, 0.5) is 13.2 Å². The summed E-state index contributed by atoms with van der Waals surface area (Å²) in [5.74, 6) is -3.77. The summed E-state index contributed by atoms with van der Waals surface area (Å²) in [6.45, 7) is 4.21. The van der Waals surface area contributed by atoms with E-state index in [0.717, 1.165) is 0 Å². The van der Waals surface area contributed by atoms with Gasteiger partial charge in [0.05, 0.1) is 13.2 Å². The summed E-state index contributed by atoms with van der Waals surface area (Å²) < 4.78 is 47.0. The fourth-order valence-electron chi connectivity index (χ4n) is 1.31. The first kappa shape index (κ1) is 17.5. The molecule has 0 spiro atoms. The predicted molar refractivity (Wildman–Crippen MR) is 61.2 cm³/mol. The molecule has 0 unspecified atom stereocenters. The Hall–Kier alpha value is -1.53. The van der Waals surface area contributed by atoms with Crippen molar-refractivity contribution in [1.29, 1.82) is 0 Å². The van der Waals surface area contributed by atoms with E-state index >= 15 is 0 Å². The summed E-state index contributed by atoms with van der Waals surface area (Å²) >= 11 is 0. The van der Waals surface area contributed by atoms with Crippen LogP contribution < -0.4 is 0 Å². The molecule has 0 saturated carbocycles. The van der Waals surface area contributed by atoms with Crippen molar-refractivity contribution in [3.63, 3.8) is 0 Å². The minimum atomic E-state index is -4.59. The molecule has 0 atom stereocenters. The van der Waals surface area contributed by atoms with Crippen molar-refractivity contribution in [2.45, 2.75) is 33.4 Å². The van der Waals surface area contributed by atoms with Crippen LogP contribution in [0.5, 0.6) is 0 Å². The summed E-state index contributed by atoms with van der Waals surface area (Å²) in [6.07, 6.45) is -4.37. The summed E-state index contributed by atoms with van der Waals surface area (Å²) in [6, 6.07) is 0. The van der Waals surface area contributed by atoms with Crippen LogP contribution >= 0.6 is 0 Å². The van der Waals surface area contributed by atoms with Crippen LogP contribution in [-0.2, 0) is 19.1 Å². The first-order valence-electron chi connectivity index (χ1n) is 5.89. The molecule has 0 aliphatic carbocycles. The first-order valence-corrected chi connectivity index (χ1v) is 5.89. The zero-order valence-electron chi connectivity index (χ0n) is 11.0. The van der Waals surface area contributed by atoms with Crippen molar-refractivity contribution >= 4 is 11.9 Å². The van der Waals surface area contributed by atoms with Crippen LogP contribution in [0.1, 0.15) is 27.2 Å². The number of alkyl halides is 3. The number of hydrogen-bond acceptors (Lipinski definition) is 4. The molecule has 0 N–H and O–H groups in total. The lowest BCUT2D eigenvalue weighted by Gasteiger charge is -2.14. The van der Waals surface area contributed by atoms with Crippen LogP contribution in [0.3, 0.4) is 0 Å². The van der Waals surface area contributed by atoms with Gasteiger partial charge in [0, 0.05) is 5.57 Å². The molecule has 0 aromatic heterocycles. The number of carbonyl (C=O) groups excluding carboxylic acids is 2. The maximum atomic E-state index is 12.6. The molecular weight excluding hydrogens is 265 g/mol. The molecule has 19 heavy (non-hydrogen) atoms. The lowest BCUT2D eigenvalue weighted by Crippen LogP contribution is -2.28. The highest BCUT2D eigenvalue weighted by Gasteiger charge is 2.36. The lowest BCUT2D eigenvalue weighted by molar-refractivity contribution is -0.159. The smallest absolute Gasteiger partial charge is 0.412 e. The Balaban J connectivity index is 5.29. The standard InChI is InChI=1S/C12H17F3O4/c1-4-8(12(13,14)15)7-9(10(16)18-5-2)11(17)19-6-3/h7,9H,4-6H2,1-3H3/b8-7+. The Morgan fingerprint density at radius 2 is 1.47 bits per heavy atom. The molecule has 0 aliphatic rings. The number of halogens is 3. The number of carbonyl (C=O) groups is 2. The number of allylic oxidation sites excluding steroid dienone is 1. The fourth-order valence-corrected chi connectivity index (χ4v) is 1.31. The summed E-state index contributed by atoms with van der Waals surface area (Å²) in [4.78, 5) is 23.0. The van der Waals surface area contributed by atoms with E-state index in [2.05, 4.69) is 9.47 Å². The third kappa shape index (κ3) is 5.76. The van der Waals surface area contributed by atoms with Gasteiger partial charge in [0.15, 0.2) is 5.92 Å². The SMILES string of the molecule is CCOC(=O)C(/C=C(\CC)C(F)(F)F)C(=O)OCC. The molecular formula is C12H17F3O4. The maximum absolute atomic E-state index is 12.6. The average molecular weight is 282 g/mol. The zero-order chi connectivity index (χ0) is 15.1. The van der Waals surface area contributed by atoms with E-state index in [-0.39, 0.29) is 19.6 Å². The Labute approximate surface area is 109 Å². The van der Waals surface area contributed by atoms with Gasteiger partial charge in [0.25, 0.3) is 0 Å². The van der Waals surface area contributed by atoms with Crippen LogP contribution in [0, 0.1) is 5.92 Å². The number of rotatable bonds is 6. The molecule has 0 rings (SSSR count). The minimum absolute atomic E-state index is 0.0317. The second kappa shape index (κ2) is 7.81. The summed E-state index contributed by atoms with van der Waals surface area (Å²) in [7, 11) is 0. The van der Waals surface area contributed by atoms with E-state index in [1.807, 2.05) is 0 Å². The van der Waals surface area contributed by atoms with Crippen LogP contribution in [-0.4, -0.2) is 31.3 Å². The van der Waals surface area contributed by atoms with Crippen LogP contribution in [0.2, 0.25) is 0 Å². The van der Waals surface area contributed by atoms with E-state index in [9.17, 15) is 22.8 Å². The summed E-state index contributed by atoms with van der Waals surface area (Å²) in [5.41, 5.74) is -0.960. The Morgan fingerprint density at radius 1 is 1.05 bits per heavy atom. The van der Waals surface area contributed by atoms with Crippen molar-refractivity contribution < 1.29 is 32.2 Å². The molecule has 0 amide bonds. The Morgan fingerprint density at radius 3 is 1.74 bits per heavy atom. The molecule has 0 heterocycles. The largest absolute Gasteiger partial charge is 0.465 e. The highest BCUT2D eigenvalue weighted by molar-refractivity contribution is 5.97. The molecule has 0 bridgehead atoms. The van der Waals surface area contributed by atoms with Gasteiger partial charge in [-0.2, -0.15) is 13.2 Å². The molecule has 110 valence electrons. The van der Waals surface area contributed by atoms with Gasteiger partial charge < -0.3 is 9.47 Å². The maximum Gasteiger partial charge on any atom is 0.412 e. The fraction of sp³-hybridized carbons (Fsp3) is 0.667. The van der Waals surface area contributed by atoms with E-state index in [4.69, 9.17) is 0 Å². The van der Waals surface area contributed by atoms with Crippen molar-refractivity contribution in [2.75, 3.05) is 13.2 Å². The van der Waals surface area contributed by atoms with E-state index in [0.29, 0.717) is 6.08 Å². The topological polar surface area (TPSA) is 52.6 Å². The van der Waals surface area contributed by atoms with Gasteiger partial charge in [-0.15, -0.1) is 0 Å². The monoisotopic (exact) mass is 282 g/mol. The lowest BCUT2D eigenvalue weighted by atomic mass is 10.0. The molecule has 7 heteroatoms. The van der Waals surface area contributed by atoms with Gasteiger partial charge in [0.1, 0.15) is 0 Å². The van der Waals surface area contributed by atoms with Crippen molar-refractivity contribution in [1.82, 2.24) is 0 Å². The first-order chi connectivity index (χ1) is 8.77. The van der Waals surface area contributed by atoms with E-state index < -0.39 is 29.6 Å². The molecule has 4 nitrogen and oxygen atoms in total. The second-order valence-electron chi connectivity index (χ2n) is 3.52. The van der Waals surface area contributed by atoms with Crippen molar-refractivity contribution in [3.8, 4) is 0 Å². The molecule has 0 saturated heterocycles. The Bertz CT molecular complexity index is 329. The van der Waals surface area contributed by atoms with Gasteiger partial charge in [-0.3, -0.25) is 9.59 Å².